The summed E-state index contributed by atoms with van der Waals surface area (Å²) >= 11 is 0. The van der Waals surface area contributed by atoms with Crippen LogP contribution in [0.2, 0.25) is 0 Å². The van der Waals surface area contributed by atoms with E-state index in [0.717, 1.165) is 38.8 Å². The minimum absolute atomic E-state index is 0.00222. The van der Waals surface area contributed by atoms with Crippen LogP contribution in [0.15, 0.2) is 36.5 Å². The summed E-state index contributed by atoms with van der Waals surface area (Å²) < 4.78 is 27.9. The van der Waals surface area contributed by atoms with Gasteiger partial charge in [0.1, 0.15) is 5.82 Å². The van der Waals surface area contributed by atoms with Gasteiger partial charge in [0.2, 0.25) is 0 Å². The van der Waals surface area contributed by atoms with E-state index in [2.05, 4.69) is 40.7 Å². The lowest BCUT2D eigenvalue weighted by Crippen LogP contribution is -2.33. The van der Waals surface area contributed by atoms with Gasteiger partial charge in [0.05, 0.1) is 30.4 Å². The fourth-order valence-electron chi connectivity index (χ4n) is 5.47. The quantitative estimate of drug-likeness (QED) is 0.396. The normalized spacial score (nSPS) is 19.0. The Labute approximate surface area is 202 Å². The number of aryl methyl sites for hydroxylation is 1. The molecule has 7 nitrogen and oxygen atoms in total. The predicted octanol–water partition coefficient (Wildman–Crippen LogP) is 5.23. The molecule has 2 atom stereocenters. The van der Waals surface area contributed by atoms with Crippen LogP contribution in [0, 0.1) is 12.7 Å². The summed E-state index contributed by atoms with van der Waals surface area (Å²) in [5.41, 5.74) is 5.11. The predicted molar refractivity (Wildman–Crippen MR) is 132 cm³/mol. The monoisotopic (exact) mass is 479 g/mol. The van der Waals surface area contributed by atoms with Crippen LogP contribution in [0.3, 0.4) is 0 Å². The molecule has 2 aromatic heterocycles. The van der Waals surface area contributed by atoms with Gasteiger partial charge in [0.15, 0.2) is 6.10 Å². The number of carboxylic acids is 1. The van der Waals surface area contributed by atoms with Crippen molar-refractivity contribution in [2.45, 2.75) is 51.0 Å². The Morgan fingerprint density at radius 2 is 2.11 bits per heavy atom. The first kappa shape index (κ1) is 23.5. The lowest BCUT2D eigenvalue weighted by molar-refractivity contribution is -0.153. The van der Waals surface area contributed by atoms with Crippen LogP contribution >= 0.6 is 0 Å². The molecule has 1 aliphatic heterocycles. The van der Waals surface area contributed by atoms with Crippen LogP contribution in [-0.4, -0.2) is 52.3 Å². The lowest BCUT2D eigenvalue weighted by atomic mass is 9.80. The van der Waals surface area contributed by atoms with E-state index in [1.807, 2.05) is 6.07 Å². The topological polar surface area (TPSA) is 89.4 Å². The van der Waals surface area contributed by atoms with Crippen LogP contribution in [-0.2, 0) is 19.7 Å². The molecule has 0 aliphatic carbocycles. The minimum atomic E-state index is -0.924. The van der Waals surface area contributed by atoms with Crippen LogP contribution in [0.1, 0.15) is 49.4 Å². The number of carboxylic acid groups (broad SMARTS) is 1. The molecule has 0 saturated carbocycles. The van der Waals surface area contributed by atoms with Crippen molar-refractivity contribution in [2.75, 3.05) is 20.3 Å². The van der Waals surface area contributed by atoms with Crippen LogP contribution < -0.4 is 0 Å². The maximum absolute atomic E-state index is 14.2. The number of rotatable bonds is 6. The molecule has 0 spiro atoms. The molecular formula is C27H30FN3O4. The Bertz CT molecular complexity index is 1410. The first-order valence-electron chi connectivity index (χ1n) is 11.8. The van der Waals surface area contributed by atoms with E-state index >= 15 is 0 Å². The molecule has 8 heteroatoms. The highest BCUT2D eigenvalue weighted by Crippen LogP contribution is 2.44. The van der Waals surface area contributed by atoms with Gasteiger partial charge in [-0.3, -0.25) is 5.10 Å². The number of hydrogen-bond acceptors (Lipinski definition) is 4. The maximum Gasteiger partial charge on any atom is 0.332 e. The molecule has 35 heavy (non-hydrogen) atoms. The van der Waals surface area contributed by atoms with Crippen molar-refractivity contribution in [1.82, 2.24) is 14.8 Å². The van der Waals surface area contributed by atoms with Crippen LogP contribution in [0.4, 0.5) is 4.39 Å². The lowest BCUT2D eigenvalue weighted by Gasteiger charge is -2.32. The molecular weight excluding hydrogens is 449 g/mol. The van der Waals surface area contributed by atoms with E-state index < -0.39 is 17.5 Å². The van der Waals surface area contributed by atoms with Gasteiger partial charge in [-0.15, -0.1) is 0 Å². The Morgan fingerprint density at radius 1 is 1.31 bits per heavy atom. The van der Waals surface area contributed by atoms with Crippen LogP contribution in [0.5, 0.6) is 0 Å². The van der Waals surface area contributed by atoms with Crippen molar-refractivity contribution in [1.29, 1.82) is 0 Å². The molecule has 0 radical (unpaired) electrons. The highest BCUT2D eigenvalue weighted by molar-refractivity contribution is 5.99. The molecule has 184 valence electrons. The number of benzene rings is 2. The molecule has 2 aromatic carbocycles. The first-order valence-corrected chi connectivity index (χ1v) is 11.8. The number of H-pyrrole nitrogens is 1. The molecule has 0 amide bonds. The number of halogens is 1. The number of aromatic amines is 1. The van der Waals surface area contributed by atoms with Crippen molar-refractivity contribution in [2.24, 2.45) is 0 Å². The highest BCUT2D eigenvalue weighted by atomic mass is 19.1. The van der Waals surface area contributed by atoms with Gasteiger partial charge < -0.3 is 19.1 Å². The standard InChI is InChI=1S/C27H30FN3O4/c1-15-9-18(6-7-20(15)28)31-22-10-17-12-29-30-21(17)11-19(22)24(25(31)27(2,3)14-34-4)16-5-8-23(26(32)33)35-13-16/h6-7,9-12,16,23H,5,8,13-14H2,1-4H3,(H,29,30)(H,32,33)/t16-,23+/m1/s1. The fourth-order valence-corrected chi connectivity index (χ4v) is 5.47. The summed E-state index contributed by atoms with van der Waals surface area (Å²) in [6.07, 6.45) is 2.14. The summed E-state index contributed by atoms with van der Waals surface area (Å²) in [5, 5.41) is 18.7. The van der Waals surface area contributed by atoms with E-state index in [4.69, 9.17) is 9.47 Å². The van der Waals surface area contributed by atoms with Gasteiger partial charge in [0, 0.05) is 40.6 Å². The number of aliphatic carboxylic acids is 1. The molecule has 2 N–H and O–H groups in total. The van der Waals surface area contributed by atoms with Gasteiger partial charge in [0.25, 0.3) is 0 Å². The number of nitrogens with zero attached hydrogens (tertiary/aromatic N) is 2. The van der Waals surface area contributed by atoms with E-state index in [1.165, 1.54) is 6.07 Å². The second-order valence-electron chi connectivity index (χ2n) is 10.1. The van der Waals surface area contributed by atoms with Crippen molar-refractivity contribution < 1.29 is 23.8 Å². The SMILES string of the molecule is COCC(C)(C)c1c([C@@H]2CC[C@@H](C(=O)O)OC2)c2cc3[nH]ncc3cc2n1-c1ccc(F)c(C)c1. The van der Waals surface area contributed by atoms with E-state index in [9.17, 15) is 14.3 Å². The average molecular weight is 480 g/mol. The largest absolute Gasteiger partial charge is 0.479 e. The van der Waals surface area contributed by atoms with Crippen molar-refractivity contribution >= 4 is 27.8 Å². The van der Waals surface area contributed by atoms with Gasteiger partial charge in [-0.25, -0.2) is 9.18 Å². The second-order valence-corrected chi connectivity index (χ2v) is 10.1. The van der Waals surface area contributed by atoms with Gasteiger partial charge >= 0.3 is 5.97 Å². The smallest absolute Gasteiger partial charge is 0.332 e. The molecule has 1 fully saturated rings. The Balaban J connectivity index is 1.83. The summed E-state index contributed by atoms with van der Waals surface area (Å²) in [5.74, 6) is -1.17. The second kappa shape index (κ2) is 8.77. The van der Waals surface area contributed by atoms with Gasteiger partial charge in [-0.05, 0) is 61.2 Å². The first-order chi connectivity index (χ1) is 16.7. The number of carbonyl (C=O) groups is 1. The number of hydrogen-bond donors (Lipinski definition) is 2. The number of fused-ring (bicyclic) bond motifs is 2. The third-order valence-corrected chi connectivity index (χ3v) is 7.07. The zero-order valence-corrected chi connectivity index (χ0v) is 20.4. The number of methoxy groups -OCH3 is 1. The molecule has 1 aliphatic rings. The molecule has 0 unspecified atom stereocenters. The highest BCUT2D eigenvalue weighted by Gasteiger charge is 2.37. The van der Waals surface area contributed by atoms with E-state index in [-0.39, 0.29) is 11.7 Å². The summed E-state index contributed by atoms with van der Waals surface area (Å²) in [7, 11) is 1.69. The molecule has 1 saturated heterocycles. The molecule has 3 heterocycles. The summed E-state index contributed by atoms with van der Waals surface area (Å²) in [4.78, 5) is 11.5. The van der Waals surface area contributed by atoms with E-state index in [1.54, 1.807) is 26.3 Å². The van der Waals surface area contributed by atoms with Crippen molar-refractivity contribution in [3.8, 4) is 5.69 Å². The van der Waals surface area contributed by atoms with Crippen molar-refractivity contribution in [3.05, 3.63) is 59.2 Å². The van der Waals surface area contributed by atoms with Gasteiger partial charge in [-0.2, -0.15) is 5.10 Å². The Hall–Kier alpha value is -3.23. The summed E-state index contributed by atoms with van der Waals surface area (Å²) in [6.45, 7) is 6.83. The number of ether oxygens (including phenoxy) is 2. The molecule has 4 aromatic rings. The Morgan fingerprint density at radius 3 is 2.77 bits per heavy atom. The van der Waals surface area contributed by atoms with Gasteiger partial charge in [-0.1, -0.05) is 13.8 Å². The zero-order valence-electron chi connectivity index (χ0n) is 20.4. The summed E-state index contributed by atoms with van der Waals surface area (Å²) in [6, 6.07) is 9.38. The third kappa shape index (κ3) is 4.00. The van der Waals surface area contributed by atoms with Crippen molar-refractivity contribution in [3.63, 3.8) is 0 Å². The Kier molecular flexibility index (Phi) is 5.89. The number of nitrogens with one attached hydrogen (secondary N) is 1. The zero-order chi connectivity index (χ0) is 24.9. The van der Waals surface area contributed by atoms with E-state index in [0.29, 0.717) is 31.6 Å². The third-order valence-electron chi connectivity index (χ3n) is 7.07. The molecule has 5 rings (SSSR count). The minimum Gasteiger partial charge on any atom is -0.479 e. The molecule has 0 bridgehead atoms. The fraction of sp³-hybridized carbons (Fsp3) is 0.407. The maximum atomic E-state index is 14.2. The van der Waals surface area contributed by atoms with Crippen LogP contribution in [0.25, 0.3) is 27.5 Å². The average Bonchev–Trinajstić information content (AvgIpc) is 3.41. The number of aromatic nitrogens is 3.